The van der Waals surface area contributed by atoms with Crippen molar-refractivity contribution in [1.82, 2.24) is 0 Å². The van der Waals surface area contributed by atoms with Crippen LogP contribution in [0.4, 0.5) is 0 Å². The molecule has 126 valence electrons. The molecule has 21 heavy (non-hydrogen) atoms. The first-order valence-corrected chi connectivity index (χ1v) is 10.3. The van der Waals surface area contributed by atoms with Gasteiger partial charge in [-0.15, -0.1) is 0 Å². The summed E-state index contributed by atoms with van der Waals surface area (Å²) >= 11 is 0. The summed E-state index contributed by atoms with van der Waals surface area (Å²) in [5.74, 6) is -0.0873. The Morgan fingerprint density at radius 3 is 1.62 bits per heavy atom. The number of rotatable bonds is 15. The lowest BCUT2D eigenvalue weighted by atomic mass is 10.1. The third kappa shape index (κ3) is 19.6. The van der Waals surface area contributed by atoms with Crippen LogP contribution in [0, 0.1) is 0 Å². The third-order valence-electron chi connectivity index (χ3n) is 3.66. The highest BCUT2D eigenvalue weighted by Gasteiger charge is 2.02. The zero-order valence-electron chi connectivity index (χ0n) is 13.7. The molecule has 0 saturated carbocycles. The van der Waals surface area contributed by atoms with Gasteiger partial charge in [0.05, 0.1) is 5.75 Å². The van der Waals surface area contributed by atoms with Crippen LogP contribution in [-0.4, -0.2) is 18.7 Å². The van der Waals surface area contributed by atoms with Gasteiger partial charge in [-0.05, 0) is 32.1 Å². The van der Waals surface area contributed by atoms with Crippen molar-refractivity contribution in [3.63, 3.8) is 0 Å². The Morgan fingerprint density at radius 1 is 0.714 bits per heavy atom. The Hall–Kier alpha value is -0.350. The fraction of sp³-hybridized carbons (Fsp3) is 0.882. The average molecular weight is 319 g/mol. The van der Waals surface area contributed by atoms with Crippen molar-refractivity contribution in [2.24, 2.45) is 0 Å². The number of unbranched alkanes of at least 4 members (excludes halogenated alkanes) is 11. The molecule has 0 aliphatic heterocycles. The van der Waals surface area contributed by atoms with Crippen LogP contribution >= 0.6 is 0 Å². The van der Waals surface area contributed by atoms with Crippen molar-refractivity contribution in [2.75, 3.05) is 5.75 Å². The van der Waals surface area contributed by atoms with Crippen LogP contribution in [0.3, 0.4) is 0 Å². The molecule has 0 aromatic heterocycles. The van der Waals surface area contributed by atoms with Gasteiger partial charge < -0.3 is 0 Å². The topological polar surface area (TPSA) is 54.4 Å². The molecule has 0 heterocycles. The Balaban J connectivity index is 3.13. The Bertz CT molecular complexity index is 334. The van der Waals surface area contributed by atoms with Gasteiger partial charge in [0.25, 0.3) is 10.1 Å². The van der Waals surface area contributed by atoms with Crippen molar-refractivity contribution in [3.05, 3.63) is 12.2 Å². The first kappa shape index (κ1) is 20.6. The standard InChI is InChI=1S/C17H34O3S/c1-2-3-4-5-6-7-8-9-10-11-12-13-14-15-16-17-21(18,19)20/h7-8H,2-6,9-17H2,1H3,(H,18,19,20). The summed E-state index contributed by atoms with van der Waals surface area (Å²) in [4.78, 5) is 0. The molecule has 0 atom stereocenters. The van der Waals surface area contributed by atoms with Crippen molar-refractivity contribution in [3.8, 4) is 0 Å². The minimum atomic E-state index is -3.75. The van der Waals surface area contributed by atoms with Crippen LogP contribution < -0.4 is 0 Å². The predicted octanol–water partition coefficient (Wildman–Crippen LogP) is 5.52. The molecular formula is C17H34O3S. The number of allylic oxidation sites excluding steroid dienone is 2. The summed E-state index contributed by atoms with van der Waals surface area (Å²) in [5.41, 5.74) is 0. The summed E-state index contributed by atoms with van der Waals surface area (Å²) < 4.78 is 29.6. The lowest BCUT2D eigenvalue weighted by Crippen LogP contribution is -2.03. The van der Waals surface area contributed by atoms with Gasteiger partial charge in [-0.2, -0.15) is 8.42 Å². The summed E-state index contributed by atoms with van der Waals surface area (Å²) in [6, 6.07) is 0. The van der Waals surface area contributed by atoms with E-state index in [0.717, 1.165) is 12.8 Å². The second-order valence-corrected chi connectivity index (χ2v) is 7.44. The van der Waals surface area contributed by atoms with Crippen LogP contribution in [0.2, 0.25) is 0 Å². The van der Waals surface area contributed by atoms with Crippen molar-refractivity contribution in [2.45, 2.75) is 90.4 Å². The van der Waals surface area contributed by atoms with Crippen LogP contribution in [0.15, 0.2) is 12.2 Å². The van der Waals surface area contributed by atoms with E-state index >= 15 is 0 Å². The van der Waals surface area contributed by atoms with Crippen molar-refractivity contribution < 1.29 is 13.0 Å². The van der Waals surface area contributed by atoms with E-state index in [0.29, 0.717) is 6.42 Å². The third-order valence-corrected chi connectivity index (χ3v) is 4.47. The molecule has 0 aromatic rings. The maximum atomic E-state index is 10.5. The second kappa shape index (κ2) is 14.6. The second-order valence-electron chi connectivity index (χ2n) is 5.87. The molecule has 0 rings (SSSR count). The average Bonchev–Trinajstić information content (AvgIpc) is 2.42. The quantitative estimate of drug-likeness (QED) is 0.246. The molecule has 1 N–H and O–H groups in total. The van der Waals surface area contributed by atoms with Crippen LogP contribution in [0.5, 0.6) is 0 Å². The van der Waals surface area contributed by atoms with Gasteiger partial charge >= 0.3 is 0 Å². The first-order valence-electron chi connectivity index (χ1n) is 8.66. The Labute approximate surface area is 132 Å². The van der Waals surface area contributed by atoms with Gasteiger partial charge in [0, 0.05) is 0 Å². The first-order chi connectivity index (χ1) is 10.1. The minimum Gasteiger partial charge on any atom is -0.286 e. The van der Waals surface area contributed by atoms with Gasteiger partial charge in [0.1, 0.15) is 0 Å². The largest absolute Gasteiger partial charge is 0.286 e. The minimum absolute atomic E-state index is 0.0873. The molecule has 0 aromatic carbocycles. The van der Waals surface area contributed by atoms with Crippen molar-refractivity contribution in [1.29, 1.82) is 0 Å². The van der Waals surface area contributed by atoms with Crippen molar-refractivity contribution >= 4 is 10.1 Å². The normalized spacial score (nSPS) is 12.3. The number of hydrogen-bond acceptors (Lipinski definition) is 2. The molecule has 0 aliphatic rings. The molecule has 0 radical (unpaired) electrons. The fourth-order valence-corrected chi connectivity index (χ4v) is 2.92. The molecule has 0 aliphatic carbocycles. The molecule has 0 spiro atoms. The van der Waals surface area contributed by atoms with E-state index in [1.54, 1.807) is 0 Å². The molecule has 0 bridgehead atoms. The molecule has 0 saturated heterocycles. The fourth-order valence-electron chi connectivity index (χ4n) is 2.36. The number of hydrogen-bond donors (Lipinski definition) is 1. The van der Waals surface area contributed by atoms with Crippen LogP contribution in [-0.2, 0) is 10.1 Å². The van der Waals surface area contributed by atoms with Gasteiger partial charge in [0.15, 0.2) is 0 Å². The molecule has 3 nitrogen and oxygen atoms in total. The van der Waals surface area contributed by atoms with Gasteiger partial charge in [-0.25, -0.2) is 0 Å². The Morgan fingerprint density at radius 2 is 1.14 bits per heavy atom. The maximum absolute atomic E-state index is 10.5. The zero-order valence-corrected chi connectivity index (χ0v) is 14.5. The zero-order chi connectivity index (χ0) is 15.8. The molecule has 0 unspecified atom stereocenters. The van der Waals surface area contributed by atoms with Gasteiger partial charge in [-0.3, -0.25) is 4.55 Å². The van der Waals surface area contributed by atoms with Gasteiger partial charge in [-0.1, -0.05) is 70.4 Å². The lowest BCUT2D eigenvalue weighted by Gasteiger charge is -2.00. The summed E-state index contributed by atoms with van der Waals surface area (Å²) in [6.07, 6.45) is 19.9. The highest BCUT2D eigenvalue weighted by Crippen LogP contribution is 2.10. The van der Waals surface area contributed by atoms with E-state index < -0.39 is 10.1 Å². The molecular weight excluding hydrogens is 284 g/mol. The summed E-state index contributed by atoms with van der Waals surface area (Å²) in [6.45, 7) is 2.24. The lowest BCUT2D eigenvalue weighted by molar-refractivity contribution is 0.478. The smallest absolute Gasteiger partial charge is 0.264 e. The van der Waals surface area contributed by atoms with E-state index in [4.69, 9.17) is 4.55 Å². The maximum Gasteiger partial charge on any atom is 0.264 e. The molecule has 4 heteroatoms. The van der Waals surface area contributed by atoms with E-state index in [1.807, 2.05) is 0 Å². The van der Waals surface area contributed by atoms with E-state index in [1.165, 1.54) is 64.2 Å². The van der Waals surface area contributed by atoms with Gasteiger partial charge in [0.2, 0.25) is 0 Å². The van der Waals surface area contributed by atoms with E-state index in [2.05, 4.69) is 19.1 Å². The molecule has 0 fully saturated rings. The van der Waals surface area contributed by atoms with E-state index in [9.17, 15) is 8.42 Å². The highest BCUT2D eigenvalue weighted by molar-refractivity contribution is 7.85. The Kier molecular flexibility index (Phi) is 14.3. The van der Waals surface area contributed by atoms with E-state index in [-0.39, 0.29) is 5.75 Å². The summed E-state index contributed by atoms with van der Waals surface area (Å²) in [5, 5.41) is 0. The molecule has 0 amide bonds. The monoisotopic (exact) mass is 318 g/mol. The van der Waals surface area contributed by atoms with Crippen LogP contribution in [0.1, 0.15) is 90.4 Å². The SMILES string of the molecule is CCCCCCC=CCCCCCCCCCS(=O)(=O)O. The predicted molar refractivity (Wildman–Crippen MR) is 91.3 cm³/mol. The highest BCUT2D eigenvalue weighted by atomic mass is 32.2. The van der Waals surface area contributed by atoms with Crippen LogP contribution in [0.25, 0.3) is 0 Å². The summed E-state index contributed by atoms with van der Waals surface area (Å²) in [7, 11) is -3.75.